The van der Waals surface area contributed by atoms with Gasteiger partial charge in [0.05, 0.1) is 12.1 Å². The molecular formula is C27H36N4O3. The number of amides is 3. The van der Waals surface area contributed by atoms with Crippen LogP contribution >= 0.6 is 0 Å². The van der Waals surface area contributed by atoms with Crippen molar-refractivity contribution in [2.75, 3.05) is 18.4 Å². The third-order valence-electron chi connectivity index (χ3n) is 6.23. The molecule has 1 saturated carbocycles. The second-order valence-electron chi connectivity index (χ2n) is 9.39. The predicted octanol–water partition coefficient (Wildman–Crippen LogP) is 3.57. The van der Waals surface area contributed by atoms with Crippen LogP contribution in [0.2, 0.25) is 0 Å². The highest BCUT2D eigenvalue weighted by Gasteiger charge is 2.36. The maximum atomic E-state index is 12.8. The number of hydrogen-bond donors (Lipinski definition) is 3. The van der Waals surface area contributed by atoms with Crippen molar-refractivity contribution >= 4 is 23.4 Å². The van der Waals surface area contributed by atoms with Crippen LogP contribution in [-0.4, -0.2) is 53.3 Å². The molecule has 1 atom stereocenters. The van der Waals surface area contributed by atoms with E-state index in [1.165, 1.54) is 0 Å². The van der Waals surface area contributed by atoms with E-state index in [0.717, 1.165) is 30.5 Å². The minimum atomic E-state index is -0.584. The minimum absolute atomic E-state index is 0.0354. The summed E-state index contributed by atoms with van der Waals surface area (Å²) in [5.41, 5.74) is 1.58. The van der Waals surface area contributed by atoms with E-state index < -0.39 is 5.54 Å². The van der Waals surface area contributed by atoms with E-state index in [9.17, 15) is 14.4 Å². The van der Waals surface area contributed by atoms with E-state index in [-0.39, 0.29) is 36.3 Å². The zero-order chi connectivity index (χ0) is 24.7. The van der Waals surface area contributed by atoms with Crippen molar-refractivity contribution in [2.45, 2.75) is 64.1 Å². The first kappa shape index (κ1) is 25.3. The lowest BCUT2D eigenvalue weighted by molar-refractivity contribution is -0.137. The second kappa shape index (κ2) is 11.2. The summed E-state index contributed by atoms with van der Waals surface area (Å²) in [6.07, 6.45) is 11.1. The molecule has 0 radical (unpaired) electrons. The molecule has 0 bridgehead atoms. The molecule has 1 aromatic carbocycles. The fourth-order valence-electron chi connectivity index (χ4n) is 4.04. The van der Waals surface area contributed by atoms with Crippen LogP contribution in [-0.2, 0) is 9.59 Å². The molecule has 0 spiro atoms. The zero-order valence-electron chi connectivity index (χ0n) is 20.4. The van der Waals surface area contributed by atoms with Crippen LogP contribution in [0.1, 0.15) is 56.8 Å². The van der Waals surface area contributed by atoms with Gasteiger partial charge in [-0.3, -0.25) is 14.4 Å². The average molecular weight is 465 g/mol. The summed E-state index contributed by atoms with van der Waals surface area (Å²) in [4.78, 5) is 39.6. The zero-order valence-corrected chi connectivity index (χ0v) is 20.4. The lowest BCUT2D eigenvalue weighted by Crippen LogP contribution is -2.48. The number of likely N-dealkylation sites (tertiary alicyclic amines) is 1. The molecule has 1 saturated heterocycles. The van der Waals surface area contributed by atoms with Crippen LogP contribution in [0, 0.1) is 0 Å². The highest BCUT2D eigenvalue weighted by molar-refractivity contribution is 5.95. The molecule has 0 unspecified atom stereocenters. The van der Waals surface area contributed by atoms with Crippen LogP contribution in [0.3, 0.4) is 0 Å². The maximum Gasteiger partial charge on any atom is 0.251 e. The number of benzene rings is 1. The number of allylic oxidation sites excluding steroid dienone is 3. The molecule has 3 amide bonds. The van der Waals surface area contributed by atoms with E-state index in [4.69, 9.17) is 0 Å². The molecule has 2 fully saturated rings. The van der Waals surface area contributed by atoms with Gasteiger partial charge in [-0.15, -0.1) is 0 Å². The van der Waals surface area contributed by atoms with Crippen LogP contribution in [0.25, 0.3) is 0 Å². The van der Waals surface area contributed by atoms with Gasteiger partial charge in [0.2, 0.25) is 11.8 Å². The second-order valence-corrected chi connectivity index (χ2v) is 9.39. The first-order valence-corrected chi connectivity index (χ1v) is 12.0. The first-order chi connectivity index (χ1) is 16.2. The number of anilines is 1. The Morgan fingerprint density at radius 3 is 2.47 bits per heavy atom. The van der Waals surface area contributed by atoms with E-state index in [2.05, 4.69) is 22.5 Å². The van der Waals surface area contributed by atoms with Crippen LogP contribution < -0.4 is 16.0 Å². The van der Waals surface area contributed by atoms with Gasteiger partial charge in [0.1, 0.15) is 6.04 Å². The molecule has 182 valence electrons. The van der Waals surface area contributed by atoms with Crippen LogP contribution in [0.15, 0.2) is 60.7 Å². The average Bonchev–Trinajstić information content (AvgIpc) is 3.48. The SMILES string of the molecule is C=C/C(=C\C=C/C)C(C)(C)NC(=O)c1ccc(NCC(=O)N2CCC[C@H]2C(=O)NC2CC2)cc1. The van der Waals surface area contributed by atoms with Gasteiger partial charge in [-0.05, 0) is 76.3 Å². The summed E-state index contributed by atoms with van der Waals surface area (Å²) in [7, 11) is 0. The fraction of sp³-hybridized carbons (Fsp3) is 0.444. The highest BCUT2D eigenvalue weighted by Crippen LogP contribution is 2.23. The highest BCUT2D eigenvalue weighted by atomic mass is 16.2. The van der Waals surface area contributed by atoms with Crippen molar-refractivity contribution in [3.63, 3.8) is 0 Å². The Morgan fingerprint density at radius 2 is 1.85 bits per heavy atom. The quantitative estimate of drug-likeness (QED) is 0.462. The van der Waals surface area contributed by atoms with Crippen molar-refractivity contribution in [2.24, 2.45) is 0 Å². The van der Waals surface area contributed by atoms with Gasteiger partial charge in [-0.2, -0.15) is 0 Å². The molecule has 1 aromatic rings. The lowest BCUT2D eigenvalue weighted by Gasteiger charge is -2.28. The molecule has 1 aliphatic carbocycles. The van der Waals surface area contributed by atoms with E-state index in [1.54, 1.807) is 35.2 Å². The van der Waals surface area contributed by atoms with Gasteiger partial charge in [0.15, 0.2) is 0 Å². The molecule has 2 aliphatic rings. The normalized spacial score (nSPS) is 18.6. The molecule has 7 nitrogen and oxygen atoms in total. The number of carbonyl (C=O) groups is 3. The summed E-state index contributed by atoms with van der Waals surface area (Å²) in [6, 6.07) is 6.93. The molecule has 1 heterocycles. The van der Waals surface area contributed by atoms with E-state index in [1.807, 2.05) is 39.0 Å². The molecule has 3 rings (SSSR count). The molecule has 1 aliphatic heterocycles. The number of rotatable bonds is 10. The van der Waals surface area contributed by atoms with Gasteiger partial charge >= 0.3 is 0 Å². The summed E-state index contributed by atoms with van der Waals surface area (Å²) in [5.74, 6) is -0.323. The monoisotopic (exact) mass is 464 g/mol. The third kappa shape index (κ3) is 6.59. The molecule has 7 heteroatoms. The Kier molecular flexibility index (Phi) is 8.31. The summed E-state index contributed by atoms with van der Waals surface area (Å²) in [5, 5.41) is 9.16. The van der Waals surface area contributed by atoms with Crippen LogP contribution in [0.5, 0.6) is 0 Å². The Balaban J connectivity index is 1.54. The number of nitrogens with zero attached hydrogens (tertiary/aromatic N) is 1. The Labute approximate surface area is 202 Å². The van der Waals surface area contributed by atoms with Crippen molar-refractivity contribution in [1.82, 2.24) is 15.5 Å². The van der Waals surface area contributed by atoms with Crippen molar-refractivity contribution < 1.29 is 14.4 Å². The van der Waals surface area contributed by atoms with E-state index >= 15 is 0 Å². The minimum Gasteiger partial charge on any atom is -0.376 e. The molecule has 3 N–H and O–H groups in total. The van der Waals surface area contributed by atoms with Crippen molar-refractivity contribution in [1.29, 1.82) is 0 Å². The maximum absolute atomic E-state index is 12.8. The summed E-state index contributed by atoms with van der Waals surface area (Å²) in [6.45, 7) is 10.3. The predicted molar refractivity (Wildman–Crippen MR) is 135 cm³/mol. The number of nitrogens with one attached hydrogen (secondary N) is 3. The van der Waals surface area contributed by atoms with E-state index in [0.29, 0.717) is 18.5 Å². The standard InChI is InChI=1S/C27H36N4O3/c1-5-7-9-20(6-2)27(3,4)30-25(33)19-11-13-21(14-12-19)28-18-24(32)31-17-8-10-23(31)26(34)29-22-15-16-22/h5-7,9,11-14,22-23,28H,2,8,10,15-18H2,1,3-4H3,(H,29,34)(H,30,33)/b7-5-,20-9+/t23-/m0/s1. The van der Waals surface area contributed by atoms with Gasteiger partial charge in [-0.1, -0.05) is 30.9 Å². The number of carbonyl (C=O) groups excluding carboxylic acids is 3. The van der Waals surface area contributed by atoms with Gasteiger partial charge < -0.3 is 20.9 Å². The van der Waals surface area contributed by atoms with Crippen molar-refractivity contribution in [3.05, 3.63) is 66.3 Å². The smallest absolute Gasteiger partial charge is 0.251 e. The summed E-state index contributed by atoms with van der Waals surface area (Å²) < 4.78 is 0. The van der Waals surface area contributed by atoms with Gasteiger partial charge in [0, 0.05) is 23.8 Å². The summed E-state index contributed by atoms with van der Waals surface area (Å²) >= 11 is 0. The Bertz CT molecular complexity index is 974. The lowest BCUT2D eigenvalue weighted by atomic mass is 9.93. The van der Waals surface area contributed by atoms with Crippen LogP contribution in [0.4, 0.5) is 5.69 Å². The van der Waals surface area contributed by atoms with Gasteiger partial charge in [-0.25, -0.2) is 0 Å². The first-order valence-electron chi connectivity index (χ1n) is 12.0. The van der Waals surface area contributed by atoms with Crippen molar-refractivity contribution in [3.8, 4) is 0 Å². The molecule has 0 aromatic heterocycles. The molecular weight excluding hydrogens is 428 g/mol. The molecule has 34 heavy (non-hydrogen) atoms. The number of hydrogen-bond acceptors (Lipinski definition) is 4. The Hall–Kier alpha value is -3.35. The van der Waals surface area contributed by atoms with Gasteiger partial charge in [0.25, 0.3) is 5.91 Å². The fourth-order valence-corrected chi connectivity index (χ4v) is 4.04. The Morgan fingerprint density at radius 1 is 1.15 bits per heavy atom. The third-order valence-corrected chi connectivity index (χ3v) is 6.23. The largest absolute Gasteiger partial charge is 0.376 e. The topological polar surface area (TPSA) is 90.5 Å².